The number of phenols is 1. The number of aryl methyl sites for hydroxylation is 1. The minimum atomic E-state index is -4.65. The standard InChI is InChI=1S/C18H13ClN2O6S.Mn/c1-9-6-14(15(8-13(9)19)28(25,26)27)20-21-16-11-5-3-2-4-10(11)7-12(17(16)22)18(23)24;/h2-8,22H,1H3,(H,23,24)(H,25,26,27);. The van der Waals surface area contributed by atoms with Crippen LogP contribution in [0.5, 0.6) is 5.75 Å². The smallest absolute Gasteiger partial charge is 0.339 e. The molecule has 3 aromatic carbocycles. The zero-order valence-electron chi connectivity index (χ0n) is 14.7. The van der Waals surface area contributed by atoms with E-state index in [1.807, 2.05) is 0 Å². The summed E-state index contributed by atoms with van der Waals surface area (Å²) in [6.45, 7) is 1.60. The molecule has 0 unspecified atom stereocenters. The third-order valence-corrected chi connectivity index (χ3v) is 5.29. The maximum absolute atomic E-state index is 11.6. The first-order valence-corrected chi connectivity index (χ1v) is 9.58. The summed E-state index contributed by atoms with van der Waals surface area (Å²) in [6.07, 6.45) is 0. The third kappa shape index (κ3) is 4.58. The van der Waals surface area contributed by atoms with Crippen molar-refractivity contribution >= 4 is 49.8 Å². The first-order chi connectivity index (χ1) is 13.1. The summed E-state index contributed by atoms with van der Waals surface area (Å²) in [5.74, 6) is -1.98. The molecule has 0 fully saturated rings. The average Bonchev–Trinajstić information content (AvgIpc) is 2.61. The Labute approximate surface area is 181 Å². The Morgan fingerprint density at radius 3 is 2.38 bits per heavy atom. The molecule has 0 aromatic heterocycles. The van der Waals surface area contributed by atoms with Gasteiger partial charge in [0.25, 0.3) is 10.1 Å². The number of nitrogens with zero attached hydrogens (tertiary/aromatic N) is 2. The topological polar surface area (TPSA) is 137 Å². The molecule has 0 atom stereocenters. The van der Waals surface area contributed by atoms with E-state index in [-0.39, 0.29) is 39.0 Å². The van der Waals surface area contributed by atoms with Crippen LogP contribution in [0.4, 0.5) is 11.4 Å². The van der Waals surface area contributed by atoms with Crippen LogP contribution in [-0.2, 0) is 27.2 Å². The number of hydrogen-bond acceptors (Lipinski definition) is 6. The molecule has 1 radical (unpaired) electrons. The predicted molar refractivity (Wildman–Crippen MR) is 103 cm³/mol. The first-order valence-electron chi connectivity index (χ1n) is 7.77. The number of halogens is 1. The number of fused-ring (bicyclic) bond motifs is 1. The number of hydrogen-bond donors (Lipinski definition) is 3. The van der Waals surface area contributed by atoms with Crippen molar-refractivity contribution < 1.29 is 45.0 Å². The molecule has 3 N–H and O–H groups in total. The SMILES string of the molecule is Cc1cc(N=Nc2c(O)c(C(=O)O)cc3ccccc23)c(S(=O)(=O)O)cc1Cl.[Mn]. The summed E-state index contributed by atoms with van der Waals surface area (Å²) in [6, 6.07) is 10.2. The molecule has 0 spiro atoms. The van der Waals surface area contributed by atoms with Crippen molar-refractivity contribution in [3.63, 3.8) is 0 Å². The van der Waals surface area contributed by atoms with Gasteiger partial charge in [-0.15, -0.1) is 10.2 Å². The van der Waals surface area contributed by atoms with Gasteiger partial charge in [-0.05, 0) is 36.1 Å². The average molecular weight is 476 g/mol. The van der Waals surface area contributed by atoms with Crippen LogP contribution in [0.15, 0.2) is 57.6 Å². The van der Waals surface area contributed by atoms with Crippen molar-refractivity contribution in [2.45, 2.75) is 11.8 Å². The Balaban J connectivity index is 0.00000300. The molecular formula is C18H13ClMnN2O6S. The maximum atomic E-state index is 11.6. The van der Waals surface area contributed by atoms with E-state index in [0.717, 1.165) is 6.07 Å². The molecule has 3 rings (SSSR count). The van der Waals surface area contributed by atoms with Crippen LogP contribution in [0, 0.1) is 6.92 Å². The minimum Gasteiger partial charge on any atom is -0.505 e. The largest absolute Gasteiger partial charge is 0.505 e. The Morgan fingerprint density at radius 1 is 1.10 bits per heavy atom. The molecule has 0 bridgehead atoms. The molecule has 11 heteroatoms. The van der Waals surface area contributed by atoms with Crippen molar-refractivity contribution in [1.29, 1.82) is 0 Å². The van der Waals surface area contributed by atoms with Gasteiger partial charge >= 0.3 is 5.97 Å². The van der Waals surface area contributed by atoms with Crippen molar-refractivity contribution in [2.75, 3.05) is 0 Å². The van der Waals surface area contributed by atoms with Gasteiger partial charge in [-0.3, -0.25) is 4.55 Å². The number of rotatable bonds is 4. The van der Waals surface area contributed by atoms with Crippen molar-refractivity contribution in [2.24, 2.45) is 10.2 Å². The molecule has 0 saturated carbocycles. The molecule has 0 saturated heterocycles. The second kappa shape index (κ2) is 8.48. The number of benzene rings is 3. The molecular weight excluding hydrogens is 463 g/mol. The molecule has 151 valence electrons. The van der Waals surface area contributed by atoms with E-state index < -0.39 is 26.7 Å². The Morgan fingerprint density at radius 2 is 1.76 bits per heavy atom. The number of azo groups is 1. The van der Waals surface area contributed by atoms with E-state index in [9.17, 15) is 28.0 Å². The fourth-order valence-electron chi connectivity index (χ4n) is 2.62. The minimum absolute atomic E-state index is 0. The van der Waals surface area contributed by atoms with E-state index in [1.54, 1.807) is 31.2 Å². The number of carbonyl (C=O) groups is 1. The van der Waals surface area contributed by atoms with E-state index >= 15 is 0 Å². The monoisotopic (exact) mass is 475 g/mol. The van der Waals surface area contributed by atoms with Crippen LogP contribution >= 0.6 is 11.6 Å². The Bertz CT molecular complexity index is 1260. The molecule has 0 amide bonds. The predicted octanol–water partition coefficient (Wildman–Crippen LogP) is 4.87. The summed E-state index contributed by atoms with van der Waals surface area (Å²) in [7, 11) is -4.65. The van der Waals surface area contributed by atoms with Crippen LogP contribution in [0.3, 0.4) is 0 Å². The number of carboxylic acid groups (broad SMARTS) is 1. The molecule has 8 nitrogen and oxygen atoms in total. The third-order valence-electron chi connectivity index (χ3n) is 4.00. The fourth-order valence-corrected chi connectivity index (χ4v) is 3.48. The van der Waals surface area contributed by atoms with Crippen LogP contribution < -0.4 is 0 Å². The molecule has 0 aliphatic rings. The van der Waals surface area contributed by atoms with E-state index in [1.165, 1.54) is 12.1 Å². The molecule has 3 aromatic rings. The van der Waals surface area contributed by atoms with Gasteiger partial charge in [0.2, 0.25) is 0 Å². The van der Waals surface area contributed by atoms with Gasteiger partial charge in [-0.2, -0.15) is 8.42 Å². The van der Waals surface area contributed by atoms with Gasteiger partial charge in [0.15, 0.2) is 5.75 Å². The molecule has 29 heavy (non-hydrogen) atoms. The summed E-state index contributed by atoms with van der Waals surface area (Å²) in [5.41, 5.74) is -0.260. The summed E-state index contributed by atoms with van der Waals surface area (Å²) < 4.78 is 32.6. The Hall–Kier alpha value is -2.49. The van der Waals surface area contributed by atoms with Crippen LogP contribution in [0.1, 0.15) is 15.9 Å². The van der Waals surface area contributed by atoms with Gasteiger partial charge in [-0.1, -0.05) is 35.9 Å². The van der Waals surface area contributed by atoms with Crippen LogP contribution in [0.2, 0.25) is 5.02 Å². The summed E-state index contributed by atoms with van der Waals surface area (Å²) >= 11 is 5.91. The Kier molecular flexibility index (Phi) is 6.67. The first kappa shape index (κ1) is 22.8. The summed E-state index contributed by atoms with van der Waals surface area (Å²) in [4.78, 5) is 10.8. The van der Waals surface area contributed by atoms with Gasteiger partial charge < -0.3 is 10.2 Å². The normalized spacial score (nSPS) is 11.6. The molecule has 0 heterocycles. The van der Waals surface area contributed by atoms with Crippen molar-refractivity contribution in [3.8, 4) is 5.75 Å². The maximum Gasteiger partial charge on any atom is 0.339 e. The zero-order valence-corrected chi connectivity index (χ0v) is 17.4. The van der Waals surface area contributed by atoms with E-state index in [0.29, 0.717) is 16.3 Å². The summed E-state index contributed by atoms with van der Waals surface area (Å²) in [5, 5.41) is 28.4. The van der Waals surface area contributed by atoms with Crippen LogP contribution in [0.25, 0.3) is 10.8 Å². The van der Waals surface area contributed by atoms with Crippen LogP contribution in [-0.4, -0.2) is 29.2 Å². The fraction of sp³-hybridized carbons (Fsp3) is 0.0556. The van der Waals surface area contributed by atoms with Gasteiger partial charge in [0.1, 0.15) is 21.8 Å². The second-order valence-corrected chi connectivity index (χ2v) is 7.69. The van der Waals surface area contributed by atoms with Crippen molar-refractivity contribution in [3.05, 3.63) is 58.6 Å². The van der Waals surface area contributed by atoms with Gasteiger partial charge in [0.05, 0.1) is 0 Å². The van der Waals surface area contributed by atoms with E-state index in [2.05, 4.69) is 10.2 Å². The van der Waals surface area contributed by atoms with Gasteiger partial charge in [-0.25, -0.2) is 4.79 Å². The molecule has 0 aliphatic heterocycles. The molecule has 0 aliphatic carbocycles. The number of aromatic carboxylic acids is 1. The van der Waals surface area contributed by atoms with Crippen molar-refractivity contribution in [1.82, 2.24) is 0 Å². The van der Waals surface area contributed by atoms with E-state index in [4.69, 9.17) is 11.6 Å². The number of aromatic hydroxyl groups is 1. The zero-order chi connectivity index (χ0) is 20.6. The van der Waals surface area contributed by atoms with Gasteiger partial charge in [0, 0.05) is 27.5 Å². The second-order valence-electron chi connectivity index (χ2n) is 5.89. The number of carboxylic acids is 1. The quantitative estimate of drug-likeness (QED) is 0.280.